The van der Waals surface area contributed by atoms with Crippen LogP contribution >= 0.6 is 0 Å². The summed E-state index contributed by atoms with van der Waals surface area (Å²) >= 11 is 0. The van der Waals surface area contributed by atoms with E-state index in [2.05, 4.69) is 20.8 Å². The summed E-state index contributed by atoms with van der Waals surface area (Å²) in [6.45, 7) is 1.09. The third-order valence-corrected chi connectivity index (χ3v) is 2.91. The SMILES string of the molecule is O=C(CCC1CCCCN1)Nc1cn[nH]c1. The van der Waals surface area contributed by atoms with Gasteiger partial charge in [0.15, 0.2) is 0 Å². The van der Waals surface area contributed by atoms with Crippen molar-refractivity contribution in [2.24, 2.45) is 0 Å². The van der Waals surface area contributed by atoms with Crippen molar-refractivity contribution in [1.29, 1.82) is 0 Å². The second kappa shape index (κ2) is 5.65. The molecule has 0 spiro atoms. The van der Waals surface area contributed by atoms with Crippen molar-refractivity contribution in [1.82, 2.24) is 15.5 Å². The fourth-order valence-corrected chi connectivity index (χ4v) is 2.02. The van der Waals surface area contributed by atoms with Gasteiger partial charge in [0.05, 0.1) is 11.9 Å². The molecule has 0 radical (unpaired) electrons. The van der Waals surface area contributed by atoms with Gasteiger partial charge in [-0.05, 0) is 25.8 Å². The van der Waals surface area contributed by atoms with E-state index in [1.807, 2.05) is 0 Å². The van der Waals surface area contributed by atoms with Gasteiger partial charge in [-0.3, -0.25) is 9.89 Å². The second-order valence-corrected chi connectivity index (χ2v) is 4.22. The molecule has 0 aliphatic carbocycles. The van der Waals surface area contributed by atoms with Crippen LogP contribution in [0.2, 0.25) is 0 Å². The Hall–Kier alpha value is -1.36. The molecule has 0 aromatic carbocycles. The summed E-state index contributed by atoms with van der Waals surface area (Å²) in [6.07, 6.45) is 8.51. The fourth-order valence-electron chi connectivity index (χ4n) is 2.02. The Morgan fingerprint density at radius 2 is 2.50 bits per heavy atom. The van der Waals surface area contributed by atoms with Crippen molar-refractivity contribution in [3.63, 3.8) is 0 Å². The highest BCUT2D eigenvalue weighted by Gasteiger charge is 2.13. The molecule has 1 aliphatic heterocycles. The summed E-state index contributed by atoms with van der Waals surface area (Å²) < 4.78 is 0. The minimum absolute atomic E-state index is 0.0637. The molecule has 0 bridgehead atoms. The van der Waals surface area contributed by atoms with Gasteiger partial charge in [0.25, 0.3) is 0 Å². The molecule has 1 aromatic heterocycles. The number of hydrogen-bond acceptors (Lipinski definition) is 3. The Balaban J connectivity index is 1.67. The van der Waals surface area contributed by atoms with Crippen LogP contribution in [0.4, 0.5) is 5.69 Å². The molecule has 1 amide bonds. The van der Waals surface area contributed by atoms with E-state index in [0.29, 0.717) is 12.5 Å². The summed E-state index contributed by atoms with van der Waals surface area (Å²) in [5.74, 6) is 0.0637. The van der Waals surface area contributed by atoms with Crippen LogP contribution in [0, 0.1) is 0 Å². The standard InChI is InChI=1S/C11H18N4O/c16-11(15-10-7-13-14-8-10)5-4-9-3-1-2-6-12-9/h7-9,12H,1-6H2,(H,13,14)(H,15,16). The Morgan fingerprint density at radius 3 is 3.19 bits per heavy atom. The maximum Gasteiger partial charge on any atom is 0.224 e. The second-order valence-electron chi connectivity index (χ2n) is 4.22. The van der Waals surface area contributed by atoms with Crippen molar-refractivity contribution < 1.29 is 4.79 Å². The minimum Gasteiger partial charge on any atom is -0.323 e. The Kier molecular flexibility index (Phi) is 3.93. The largest absolute Gasteiger partial charge is 0.323 e. The molecule has 1 aliphatic rings. The topological polar surface area (TPSA) is 69.8 Å². The Labute approximate surface area is 95.0 Å². The van der Waals surface area contributed by atoms with E-state index in [-0.39, 0.29) is 5.91 Å². The molecule has 1 aromatic rings. The highest BCUT2D eigenvalue weighted by Crippen LogP contribution is 2.12. The number of nitrogens with zero attached hydrogens (tertiary/aromatic N) is 1. The van der Waals surface area contributed by atoms with Crippen molar-refractivity contribution in [3.05, 3.63) is 12.4 Å². The first kappa shape index (κ1) is 11.1. The summed E-state index contributed by atoms with van der Waals surface area (Å²) in [4.78, 5) is 11.6. The van der Waals surface area contributed by atoms with Crippen molar-refractivity contribution >= 4 is 11.6 Å². The molecule has 5 heteroatoms. The summed E-state index contributed by atoms with van der Waals surface area (Å²) in [5.41, 5.74) is 0.738. The van der Waals surface area contributed by atoms with E-state index in [9.17, 15) is 4.79 Å². The first-order chi connectivity index (χ1) is 7.84. The average molecular weight is 222 g/mol. The number of nitrogens with one attached hydrogen (secondary N) is 3. The highest BCUT2D eigenvalue weighted by atomic mass is 16.1. The van der Waals surface area contributed by atoms with E-state index in [0.717, 1.165) is 18.7 Å². The highest BCUT2D eigenvalue weighted by molar-refractivity contribution is 5.90. The Morgan fingerprint density at radius 1 is 1.56 bits per heavy atom. The van der Waals surface area contributed by atoms with Gasteiger partial charge in [0.1, 0.15) is 0 Å². The zero-order chi connectivity index (χ0) is 11.2. The van der Waals surface area contributed by atoms with Gasteiger partial charge in [0.2, 0.25) is 5.91 Å². The van der Waals surface area contributed by atoms with Crippen LogP contribution in [-0.2, 0) is 4.79 Å². The molecule has 2 heterocycles. The van der Waals surface area contributed by atoms with Crippen LogP contribution in [-0.4, -0.2) is 28.7 Å². The Bertz CT molecular complexity index is 317. The third-order valence-electron chi connectivity index (χ3n) is 2.91. The van der Waals surface area contributed by atoms with Crippen LogP contribution in [0.15, 0.2) is 12.4 Å². The van der Waals surface area contributed by atoms with Gasteiger partial charge in [-0.1, -0.05) is 6.42 Å². The molecular formula is C11H18N4O. The number of carbonyl (C=O) groups is 1. The van der Waals surface area contributed by atoms with Crippen LogP contribution in [0.1, 0.15) is 32.1 Å². The van der Waals surface area contributed by atoms with Crippen LogP contribution in [0.5, 0.6) is 0 Å². The van der Waals surface area contributed by atoms with Gasteiger partial charge >= 0.3 is 0 Å². The van der Waals surface area contributed by atoms with E-state index in [4.69, 9.17) is 0 Å². The van der Waals surface area contributed by atoms with Gasteiger partial charge < -0.3 is 10.6 Å². The molecule has 0 saturated carbocycles. The van der Waals surface area contributed by atoms with E-state index in [1.54, 1.807) is 12.4 Å². The minimum atomic E-state index is 0.0637. The molecule has 2 rings (SSSR count). The molecule has 1 fully saturated rings. The maximum absolute atomic E-state index is 11.6. The van der Waals surface area contributed by atoms with E-state index >= 15 is 0 Å². The summed E-state index contributed by atoms with van der Waals surface area (Å²) in [6, 6.07) is 0.517. The van der Waals surface area contributed by atoms with Gasteiger partial charge in [-0.25, -0.2) is 0 Å². The van der Waals surface area contributed by atoms with Crippen LogP contribution in [0.3, 0.4) is 0 Å². The normalized spacial score (nSPS) is 20.6. The van der Waals surface area contributed by atoms with Crippen molar-refractivity contribution in [3.8, 4) is 0 Å². The number of hydrogen-bond donors (Lipinski definition) is 3. The lowest BCUT2D eigenvalue weighted by atomic mass is 10.0. The molecule has 3 N–H and O–H groups in total. The maximum atomic E-state index is 11.6. The smallest absolute Gasteiger partial charge is 0.224 e. The van der Waals surface area contributed by atoms with Gasteiger partial charge in [-0.2, -0.15) is 5.10 Å². The van der Waals surface area contributed by atoms with Crippen LogP contribution < -0.4 is 10.6 Å². The monoisotopic (exact) mass is 222 g/mol. The summed E-state index contributed by atoms with van der Waals surface area (Å²) in [5, 5.41) is 12.7. The molecule has 16 heavy (non-hydrogen) atoms. The molecule has 1 saturated heterocycles. The summed E-state index contributed by atoms with van der Waals surface area (Å²) in [7, 11) is 0. The number of aromatic nitrogens is 2. The van der Waals surface area contributed by atoms with Gasteiger partial charge in [0, 0.05) is 18.7 Å². The number of carbonyl (C=O) groups excluding carboxylic acids is 1. The zero-order valence-corrected chi connectivity index (χ0v) is 9.33. The average Bonchev–Trinajstić information content (AvgIpc) is 2.81. The number of piperidine rings is 1. The first-order valence-corrected chi connectivity index (χ1v) is 5.86. The molecule has 1 unspecified atom stereocenters. The van der Waals surface area contributed by atoms with Crippen molar-refractivity contribution in [2.75, 3.05) is 11.9 Å². The van der Waals surface area contributed by atoms with Crippen LogP contribution in [0.25, 0.3) is 0 Å². The molecule has 5 nitrogen and oxygen atoms in total. The molecular weight excluding hydrogens is 204 g/mol. The van der Waals surface area contributed by atoms with E-state index < -0.39 is 0 Å². The third kappa shape index (κ3) is 3.34. The van der Waals surface area contributed by atoms with Gasteiger partial charge in [-0.15, -0.1) is 0 Å². The quantitative estimate of drug-likeness (QED) is 0.718. The predicted octanol–water partition coefficient (Wildman–Crippen LogP) is 1.27. The zero-order valence-electron chi connectivity index (χ0n) is 9.33. The fraction of sp³-hybridized carbons (Fsp3) is 0.636. The number of rotatable bonds is 4. The number of aromatic amines is 1. The molecule has 88 valence electrons. The van der Waals surface area contributed by atoms with E-state index in [1.165, 1.54) is 19.3 Å². The lowest BCUT2D eigenvalue weighted by molar-refractivity contribution is -0.116. The lowest BCUT2D eigenvalue weighted by Gasteiger charge is -2.22. The first-order valence-electron chi connectivity index (χ1n) is 5.86. The number of anilines is 1. The molecule has 1 atom stereocenters. The van der Waals surface area contributed by atoms with Crippen molar-refractivity contribution in [2.45, 2.75) is 38.1 Å². The lowest BCUT2D eigenvalue weighted by Crippen LogP contribution is -2.34. The number of amides is 1. The number of H-pyrrole nitrogens is 1. The predicted molar refractivity (Wildman–Crippen MR) is 62.1 cm³/mol.